The molecule has 1 aliphatic rings. The van der Waals surface area contributed by atoms with Gasteiger partial charge in [-0.05, 0) is 24.3 Å². The SMILES string of the molecule is CC(C)(C)C1=C(C#N)C(c2c(F)cccc2Cl)c2c(N)nn(-c3ccccc3)c2O1. The van der Waals surface area contributed by atoms with Gasteiger partial charge in [0.2, 0.25) is 5.88 Å². The predicted octanol–water partition coefficient (Wildman–Crippen LogP) is 5.60. The number of benzene rings is 2. The third-order valence-electron chi connectivity index (χ3n) is 5.02. The zero-order valence-electron chi connectivity index (χ0n) is 16.8. The van der Waals surface area contributed by atoms with Crippen LogP contribution in [0.4, 0.5) is 10.2 Å². The molecule has 1 aromatic heterocycles. The molecular weight excluding hydrogens is 403 g/mol. The number of hydrogen-bond donors (Lipinski definition) is 1. The number of rotatable bonds is 2. The van der Waals surface area contributed by atoms with Crippen molar-refractivity contribution in [2.24, 2.45) is 5.41 Å². The van der Waals surface area contributed by atoms with Crippen LogP contribution in [0, 0.1) is 22.6 Å². The van der Waals surface area contributed by atoms with E-state index >= 15 is 0 Å². The average Bonchev–Trinajstić information content (AvgIpc) is 3.04. The monoisotopic (exact) mass is 422 g/mol. The van der Waals surface area contributed by atoms with Crippen LogP contribution in [0.2, 0.25) is 5.02 Å². The van der Waals surface area contributed by atoms with Gasteiger partial charge in [-0.1, -0.05) is 56.6 Å². The second kappa shape index (κ2) is 7.19. The van der Waals surface area contributed by atoms with E-state index in [0.717, 1.165) is 5.69 Å². The van der Waals surface area contributed by atoms with Crippen molar-refractivity contribution in [3.63, 3.8) is 0 Å². The summed E-state index contributed by atoms with van der Waals surface area (Å²) in [5.74, 6) is -0.419. The van der Waals surface area contributed by atoms with Crippen LogP contribution in [0.25, 0.3) is 5.69 Å². The maximum atomic E-state index is 15.0. The van der Waals surface area contributed by atoms with E-state index in [2.05, 4.69) is 11.2 Å². The molecule has 0 saturated carbocycles. The van der Waals surface area contributed by atoms with Crippen LogP contribution >= 0.6 is 11.6 Å². The van der Waals surface area contributed by atoms with Crippen LogP contribution in [0.15, 0.2) is 59.9 Å². The number of allylic oxidation sites excluding steroid dienone is 2. The van der Waals surface area contributed by atoms with Crippen LogP contribution in [-0.4, -0.2) is 9.78 Å². The van der Waals surface area contributed by atoms with Crippen molar-refractivity contribution < 1.29 is 9.13 Å². The van der Waals surface area contributed by atoms with Crippen LogP contribution < -0.4 is 10.5 Å². The van der Waals surface area contributed by atoms with E-state index in [0.29, 0.717) is 17.2 Å². The number of nitrogens with zero attached hydrogens (tertiary/aromatic N) is 3. The molecule has 0 bridgehead atoms. The number of halogens is 2. The van der Waals surface area contributed by atoms with E-state index in [4.69, 9.17) is 22.1 Å². The fraction of sp³-hybridized carbons (Fsp3) is 0.217. The van der Waals surface area contributed by atoms with E-state index in [1.807, 2.05) is 51.1 Å². The molecule has 4 rings (SSSR count). The number of ether oxygens (including phenoxy) is 1. The number of nitriles is 1. The van der Waals surface area contributed by atoms with E-state index < -0.39 is 17.2 Å². The minimum absolute atomic E-state index is 0.152. The van der Waals surface area contributed by atoms with Gasteiger partial charge in [-0.2, -0.15) is 9.94 Å². The minimum atomic E-state index is -0.834. The van der Waals surface area contributed by atoms with Gasteiger partial charge in [0.15, 0.2) is 5.82 Å². The Kier molecular flexibility index (Phi) is 4.79. The lowest BCUT2D eigenvalue weighted by Crippen LogP contribution is -2.26. The van der Waals surface area contributed by atoms with Gasteiger partial charge in [-0.3, -0.25) is 0 Å². The summed E-state index contributed by atoms with van der Waals surface area (Å²) in [7, 11) is 0. The lowest BCUT2D eigenvalue weighted by atomic mass is 9.79. The molecular formula is C23H20ClFN4O. The Morgan fingerprint density at radius 2 is 1.83 bits per heavy atom. The topological polar surface area (TPSA) is 76.9 Å². The van der Waals surface area contributed by atoms with Crippen LogP contribution in [0.3, 0.4) is 0 Å². The molecule has 0 spiro atoms. The van der Waals surface area contributed by atoms with Crippen LogP contribution in [0.5, 0.6) is 5.88 Å². The molecule has 0 fully saturated rings. The number of nitrogen functional groups attached to an aromatic ring is 1. The fourth-order valence-electron chi connectivity index (χ4n) is 3.72. The first-order valence-corrected chi connectivity index (χ1v) is 9.82. The molecule has 1 unspecified atom stereocenters. The summed E-state index contributed by atoms with van der Waals surface area (Å²) >= 11 is 6.41. The smallest absolute Gasteiger partial charge is 0.228 e. The van der Waals surface area contributed by atoms with Crippen molar-refractivity contribution in [1.29, 1.82) is 5.26 Å². The van der Waals surface area contributed by atoms with E-state index in [1.165, 1.54) is 12.1 Å². The Bertz CT molecular complexity index is 1180. The van der Waals surface area contributed by atoms with Crippen LogP contribution in [-0.2, 0) is 0 Å². The molecule has 2 aromatic carbocycles. The first-order chi connectivity index (χ1) is 14.2. The van der Waals surface area contributed by atoms with E-state index in [1.54, 1.807) is 10.7 Å². The minimum Gasteiger partial charge on any atom is -0.441 e. The Morgan fingerprint density at radius 1 is 1.13 bits per heavy atom. The summed E-state index contributed by atoms with van der Waals surface area (Å²) < 4.78 is 22.8. The molecule has 1 atom stereocenters. The normalized spacial score (nSPS) is 16.1. The second-order valence-corrected chi connectivity index (χ2v) is 8.53. The summed E-state index contributed by atoms with van der Waals surface area (Å²) in [6.07, 6.45) is 0. The largest absolute Gasteiger partial charge is 0.441 e. The summed E-state index contributed by atoms with van der Waals surface area (Å²) in [6.45, 7) is 5.78. The van der Waals surface area contributed by atoms with Gasteiger partial charge < -0.3 is 10.5 Å². The van der Waals surface area contributed by atoms with Gasteiger partial charge >= 0.3 is 0 Å². The van der Waals surface area contributed by atoms with E-state index in [9.17, 15) is 9.65 Å². The summed E-state index contributed by atoms with van der Waals surface area (Å²) in [4.78, 5) is 0. The van der Waals surface area contributed by atoms with E-state index in [-0.39, 0.29) is 22.0 Å². The second-order valence-electron chi connectivity index (χ2n) is 8.13. The Morgan fingerprint density at radius 3 is 2.43 bits per heavy atom. The van der Waals surface area contributed by atoms with Gasteiger partial charge in [0.25, 0.3) is 0 Å². The van der Waals surface area contributed by atoms with Crippen LogP contribution in [0.1, 0.15) is 37.8 Å². The molecule has 1 aliphatic heterocycles. The van der Waals surface area contributed by atoms with Crippen molar-refractivity contribution in [3.8, 4) is 17.6 Å². The molecule has 30 heavy (non-hydrogen) atoms. The predicted molar refractivity (Wildman–Crippen MR) is 114 cm³/mol. The number of para-hydroxylation sites is 1. The van der Waals surface area contributed by atoms with Crippen molar-refractivity contribution in [1.82, 2.24) is 9.78 Å². The highest BCUT2D eigenvalue weighted by Crippen LogP contribution is 2.51. The summed E-state index contributed by atoms with van der Waals surface area (Å²) in [5, 5.41) is 14.7. The van der Waals surface area contributed by atoms with Crippen molar-refractivity contribution in [2.75, 3.05) is 5.73 Å². The Balaban J connectivity index is 2.08. The number of aromatic nitrogens is 2. The van der Waals surface area contributed by atoms with Gasteiger partial charge in [-0.25, -0.2) is 4.39 Å². The van der Waals surface area contributed by atoms with Gasteiger partial charge in [-0.15, -0.1) is 5.10 Å². The maximum Gasteiger partial charge on any atom is 0.228 e. The van der Waals surface area contributed by atoms with Gasteiger partial charge in [0.1, 0.15) is 11.6 Å². The highest BCUT2D eigenvalue weighted by molar-refractivity contribution is 6.31. The lowest BCUT2D eigenvalue weighted by Gasteiger charge is -2.32. The third kappa shape index (κ3) is 3.12. The highest BCUT2D eigenvalue weighted by Gasteiger charge is 2.42. The summed E-state index contributed by atoms with van der Waals surface area (Å²) in [6, 6.07) is 16.0. The molecule has 152 valence electrons. The quantitative estimate of drug-likeness (QED) is 0.583. The third-order valence-corrected chi connectivity index (χ3v) is 5.35. The zero-order chi connectivity index (χ0) is 21.6. The fourth-order valence-corrected chi connectivity index (χ4v) is 3.99. The van der Waals surface area contributed by atoms with Gasteiger partial charge in [0, 0.05) is 16.0 Å². The van der Waals surface area contributed by atoms with Crippen molar-refractivity contribution in [3.05, 3.63) is 81.8 Å². The highest BCUT2D eigenvalue weighted by atomic mass is 35.5. The van der Waals surface area contributed by atoms with Crippen molar-refractivity contribution >= 4 is 17.4 Å². The standard InChI is InChI=1S/C23H20ClFN4O/c1-23(2,3)20-14(12-26)17(18-15(24)10-7-11-16(18)25)19-21(27)28-29(22(19)30-20)13-8-5-4-6-9-13/h4-11,17H,1-3H3,(H2,27,28). The molecule has 0 saturated heterocycles. The summed E-state index contributed by atoms with van der Waals surface area (Å²) in [5.41, 5.74) is 7.37. The molecule has 5 nitrogen and oxygen atoms in total. The average molecular weight is 423 g/mol. The molecule has 7 heteroatoms. The number of fused-ring (bicyclic) bond motifs is 1. The number of anilines is 1. The molecule has 3 aromatic rings. The maximum absolute atomic E-state index is 15.0. The molecule has 0 aliphatic carbocycles. The first kappa shape index (κ1) is 20.0. The lowest BCUT2D eigenvalue weighted by molar-refractivity contribution is 0.263. The molecule has 0 amide bonds. The molecule has 2 N–H and O–H groups in total. The number of hydrogen-bond acceptors (Lipinski definition) is 4. The van der Waals surface area contributed by atoms with Gasteiger partial charge in [0.05, 0.1) is 28.8 Å². The molecule has 2 heterocycles. The number of nitrogens with two attached hydrogens (primary N) is 1. The first-order valence-electron chi connectivity index (χ1n) is 9.44. The Labute approximate surface area is 179 Å². The van der Waals surface area contributed by atoms with Crippen molar-refractivity contribution in [2.45, 2.75) is 26.7 Å². The zero-order valence-corrected chi connectivity index (χ0v) is 17.5. The Hall–Kier alpha value is -3.30. The molecule has 0 radical (unpaired) electrons.